The van der Waals surface area contributed by atoms with Gasteiger partial charge in [-0.3, -0.25) is 4.79 Å². The maximum absolute atomic E-state index is 12.0. The van der Waals surface area contributed by atoms with E-state index in [0.29, 0.717) is 22.9 Å². The normalized spacial score (nSPS) is 10.5. The summed E-state index contributed by atoms with van der Waals surface area (Å²) in [4.78, 5) is 12.0. The molecule has 19 heavy (non-hydrogen) atoms. The molecule has 1 aromatic heterocycles. The van der Waals surface area contributed by atoms with Crippen molar-refractivity contribution in [2.75, 3.05) is 11.9 Å². The molecule has 2 aromatic rings. The molecular weight excluding hydrogens is 266 g/mol. The monoisotopic (exact) mass is 279 g/mol. The van der Waals surface area contributed by atoms with E-state index < -0.39 is 0 Å². The second-order valence-corrected chi connectivity index (χ2v) is 4.52. The van der Waals surface area contributed by atoms with Crippen molar-refractivity contribution in [1.82, 2.24) is 9.78 Å². The standard InChI is InChI=1S/C13H14ClN3O2/c1-9-8-12(17(16-9)6-7-18)15-13(19)10-2-4-11(14)5-3-10/h2-5,8,18H,6-7H2,1H3,(H,15,19). The van der Waals surface area contributed by atoms with Crippen LogP contribution in [0.25, 0.3) is 0 Å². The third-order valence-corrected chi connectivity index (χ3v) is 2.81. The minimum absolute atomic E-state index is 0.0368. The number of amides is 1. The van der Waals surface area contributed by atoms with E-state index in [9.17, 15) is 4.79 Å². The molecule has 6 heteroatoms. The van der Waals surface area contributed by atoms with Crippen molar-refractivity contribution in [3.8, 4) is 0 Å². The summed E-state index contributed by atoms with van der Waals surface area (Å²) in [6, 6.07) is 8.37. The zero-order valence-electron chi connectivity index (χ0n) is 10.4. The summed E-state index contributed by atoms with van der Waals surface area (Å²) in [5.74, 6) is 0.322. The molecule has 0 saturated carbocycles. The molecule has 2 rings (SSSR count). The number of aliphatic hydroxyl groups is 1. The number of nitrogens with one attached hydrogen (secondary N) is 1. The highest BCUT2D eigenvalue weighted by Gasteiger charge is 2.10. The van der Waals surface area contributed by atoms with E-state index in [-0.39, 0.29) is 12.5 Å². The Kier molecular flexibility index (Phi) is 4.19. The van der Waals surface area contributed by atoms with Crippen LogP contribution in [0.2, 0.25) is 5.02 Å². The molecule has 0 spiro atoms. The first-order valence-electron chi connectivity index (χ1n) is 5.82. The van der Waals surface area contributed by atoms with Gasteiger partial charge < -0.3 is 10.4 Å². The number of benzene rings is 1. The Morgan fingerprint density at radius 3 is 2.74 bits per heavy atom. The number of anilines is 1. The van der Waals surface area contributed by atoms with E-state index in [4.69, 9.17) is 16.7 Å². The largest absolute Gasteiger partial charge is 0.394 e. The zero-order chi connectivity index (χ0) is 13.8. The summed E-state index contributed by atoms with van der Waals surface area (Å²) >= 11 is 5.77. The average Bonchev–Trinajstić information content (AvgIpc) is 2.71. The second-order valence-electron chi connectivity index (χ2n) is 4.08. The zero-order valence-corrected chi connectivity index (χ0v) is 11.2. The third kappa shape index (κ3) is 3.33. The Bertz CT molecular complexity index is 578. The van der Waals surface area contributed by atoms with E-state index in [2.05, 4.69) is 10.4 Å². The molecule has 0 aliphatic heterocycles. The van der Waals surface area contributed by atoms with Gasteiger partial charge in [-0.2, -0.15) is 5.10 Å². The van der Waals surface area contributed by atoms with Gasteiger partial charge in [0.25, 0.3) is 5.91 Å². The van der Waals surface area contributed by atoms with Gasteiger partial charge in [0.1, 0.15) is 5.82 Å². The van der Waals surface area contributed by atoms with Crippen molar-refractivity contribution in [2.45, 2.75) is 13.5 Å². The summed E-state index contributed by atoms with van der Waals surface area (Å²) in [7, 11) is 0. The molecule has 0 bridgehead atoms. The Morgan fingerprint density at radius 1 is 1.42 bits per heavy atom. The number of aliphatic hydroxyl groups excluding tert-OH is 1. The van der Waals surface area contributed by atoms with E-state index in [1.807, 2.05) is 6.92 Å². The van der Waals surface area contributed by atoms with Crippen LogP contribution in [0.15, 0.2) is 30.3 Å². The summed E-state index contributed by atoms with van der Waals surface area (Å²) in [5, 5.41) is 16.5. The summed E-state index contributed by atoms with van der Waals surface area (Å²) < 4.78 is 1.56. The van der Waals surface area contributed by atoms with Gasteiger partial charge in [-0.25, -0.2) is 4.68 Å². The highest BCUT2D eigenvalue weighted by atomic mass is 35.5. The van der Waals surface area contributed by atoms with Gasteiger partial charge in [0.15, 0.2) is 0 Å². The van der Waals surface area contributed by atoms with Crippen LogP contribution in [0, 0.1) is 6.92 Å². The van der Waals surface area contributed by atoms with Crippen molar-refractivity contribution in [3.05, 3.63) is 46.6 Å². The topological polar surface area (TPSA) is 67.2 Å². The Hall–Kier alpha value is -1.85. The fourth-order valence-electron chi connectivity index (χ4n) is 1.70. The average molecular weight is 280 g/mol. The lowest BCUT2D eigenvalue weighted by atomic mass is 10.2. The lowest BCUT2D eigenvalue weighted by Crippen LogP contribution is -2.16. The predicted octanol–water partition coefficient (Wildman–Crippen LogP) is 2.09. The first-order chi connectivity index (χ1) is 9.10. The third-order valence-electron chi connectivity index (χ3n) is 2.56. The van der Waals surface area contributed by atoms with Crippen LogP contribution >= 0.6 is 11.6 Å². The van der Waals surface area contributed by atoms with Crippen LogP contribution in [0.5, 0.6) is 0 Å². The van der Waals surface area contributed by atoms with Gasteiger partial charge in [0.2, 0.25) is 0 Å². The summed E-state index contributed by atoms with van der Waals surface area (Å²) in [5.41, 5.74) is 1.29. The highest BCUT2D eigenvalue weighted by molar-refractivity contribution is 6.30. The quantitative estimate of drug-likeness (QED) is 0.900. The number of hydrogen-bond acceptors (Lipinski definition) is 3. The van der Waals surface area contributed by atoms with E-state index >= 15 is 0 Å². The van der Waals surface area contributed by atoms with Crippen LogP contribution < -0.4 is 5.32 Å². The van der Waals surface area contributed by atoms with Gasteiger partial charge >= 0.3 is 0 Å². The molecule has 0 saturated heterocycles. The van der Waals surface area contributed by atoms with Gasteiger partial charge in [-0.05, 0) is 31.2 Å². The van der Waals surface area contributed by atoms with Crippen molar-refractivity contribution in [1.29, 1.82) is 0 Å². The molecule has 0 unspecified atom stereocenters. The van der Waals surface area contributed by atoms with Crippen LogP contribution in [-0.2, 0) is 6.54 Å². The predicted molar refractivity (Wildman–Crippen MR) is 73.5 cm³/mol. The number of rotatable bonds is 4. The van der Waals surface area contributed by atoms with Gasteiger partial charge in [-0.15, -0.1) is 0 Å². The van der Waals surface area contributed by atoms with E-state index in [0.717, 1.165) is 5.69 Å². The van der Waals surface area contributed by atoms with E-state index in [1.165, 1.54) is 0 Å². The Balaban J connectivity index is 2.16. The molecule has 100 valence electrons. The van der Waals surface area contributed by atoms with Crippen molar-refractivity contribution in [2.24, 2.45) is 0 Å². The lowest BCUT2D eigenvalue weighted by molar-refractivity contribution is 0.102. The molecule has 1 aromatic carbocycles. The molecule has 0 radical (unpaired) electrons. The first-order valence-corrected chi connectivity index (χ1v) is 6.20. The molecule has 0 aliphatic rings. The number of nitrogens with zero attached hydrogens (tertiary/aromatic N) is 2. The van der Waals surface area contributed by atoms with Gasteiger partial charge in [0.05, 0.1) is 18.8 Å². The van der Waals surface area contributed by atoms with Crippen LogP contribution in [0.3, 0.4) is 0 Å². The molecule has 1 heterocycles. The van der Waals surface area contributed by atoms with Crippen LogP contribution in [0.1, 0.15) is 16.1 Å². The maximum atomic E-state index is 12.0. The van der Waals surface area contributed by atoms with Crippen molar-refractivity contribution >= 4 is 23.3 Å². The molecule has 1 amide bonds. The fourth-order valence-corrected chi connectivity index (χ4v) is 1.83. The number of carbonyl (C=O) groups is 1. The molecule has 0 aliphatic carbocycles. The van der Waals surface area contributed by atoms with E-state index in [1.54, 1.807) is 35.0 Å². The number of halogens is 1. The molecular formula is C13H14ClN3O2. The van der Waals surface area contributed by atoms with Crippen molar-refractivity contribution in [3.63, 3.8) is 0 Å². The van der Waals surface area contributed by atoms with Crippen LogP contribution in [-0.4, -0.2) is 27.4 Å². The van der Waals surface area contributed by atoms with Gasteiger partial charge in [-0.1, -0.05) is 11.6 Å². The number of hydrogen-bond donors (Lipinski definition) is 2. The van der Waals surface area contributed by atoms with Crippen molar-refractivity contribution < 1.29 is 9.90 Å². The SMILES string of the molecule is Cc1cc(NC(=O)c2ccc(Cl)cc2)n(CCO)n1. The minimum atomic E-state index is -0.240. The number of aryl methyl sites for hydroxylation is 1. The lowest BCUT2D eigenvalue weighted by Gasteiger charge is -2.07. The Labute approximate surface area is 115 Å². The number of carbonyl (C=O) groups excluding carboxylic acids is 1. The minimum Gasteiger partial charge on any atom is -0.394 e. The molecule has 0 fully saturated rings. The highest BCUT2D eigenvalue weighted by Crippen LogP contribution is 2.14. The fraction of sp³-hybridized carbons (Fsp3) is 0.231. The Morgan fingerprint density at radius 2 is 2.11 bits per heavy atom. The maximum Gasteiger partial charge on any atom is 0.256 e. The van der Waals surface area contributed by atoms with Gasteiger partial charge in [0, 0.05) is 16.7 Å². The molecule has 2 N–H and O–H groups in total. The van der Waals surface area contributed by atoms with Crippen LogP contribution in [0.4, 0.5) is 5.82 Å². The molecule has 0 atom stereocenters. The number of aromatic nitrogens is 2. The second kappa shape index (κ2) is 5.86. The smallest absolute Gasteiger partial charge is 0.256 e. The summed E-state index contributed by atoms with van der Waals surface area (Å²) in [6.45, 7) is 2.13. The molecule has 5 nitrogen and oxygen atoms in total. The summed E-state index contributed by atoms with van der Waals surface area (Å²) in [6.07, 6.45) is 0. The first kappa shape index (κ1) is 13.6.